The molecule has 0 spiro atoms. The van der Waals surface area contributed by atoms with Crippen LogP contribution in [0, 0.1) is 0 Å². The van der Waals surface area contributed by atoms with Crippen molar-refractivity contribution in [1.82, 2.24) is 0 Å². The minimum absolute atomic E-state index is 0.108. The van der Waals surface area contributed by atoms with Crippen LogP contribution in [-0.4, -0.2) is 31.2 Å². The number of aliphatic hydroxyl groups excluding tert-OH is 1. The van der Waals surface area contributed by atoms with E-state index in [2.05, 4.69) is 0 Å². The predicted molar refractivity (Wildman–Crippen MR) is 78.3 cm³/mol. The molecule has 0 saturated heterocycles. The van der Waals surface area contributed by atoms with Crippen molar-refractivity contribution < 1.29 is 18.3 Å². The van der Waals surface area contributed by atoms with Gasteiger partial charge in [-0.3, -0.25) is 4.79 Å². The van der Waals surface area contributed by atoms with Crippen LogP contribution < -0.4 is 0 Å². The van der Waals surface area contributed by atoms with Gasteiger partial charge in [-0.25, -0.2) is 8.42 Å². The zero-order chi connectivity index (χ0) is 15.0. The van der Waals surface area contributed by atoms with Gasteiger partial charge in [0.25, 0.3) is 0 Å². The molecule has 20 heavy (non-hydrogen) atoms. The number of unbranched alkanes of at least 4 members (excludes halogenated alkanes) is 2. The molecule has 0 aliphatic rings. The lowest BCUT2D eigenvalue weighted by Gasteiger charge is -2.16. The third kappa shape index (κ3) is 4.42. The zero-order valence-corrected chi connectivity index (χ0v) is 12.6. The number of rotatable bonds is 9. The second kappa shape index (κ2) is 8.17. The Morgan fingerprint density at radius 2 is 1.85 bits per heavy atom. The predicted octanol–water partition coefficient (Wildman–Crippen LogP) is 2.36. The molecule has 1 atom stereocenters. The summed E-state index contributed by atoms with van der Waals surface area (Å²) in [6.45, 7) is 1.71. The van der Waals surface area contributed by atoms with E-state index >= 15 is 0 Å². The smallest absolute Gasteiger partial charge is 0.188 e. The summed E-state index contributed by atoms with van der Waals surface area (Å²) in [5.74, 6) is -0.396. The number of carbonyl (C=O) groups is 1. The molecular formula is C15H22O4S. The first-order valence-electron chi connectivity index (χ1n) is 6.96. The van der Waals surface area contributed by atoms with Crippen molar-refractivity contribution in [2.24, 2.45) is 0 Å². The van der Waals surface area contributed by atoms with Crippen molar-refractivity contribution in [2.45, 2.75) is 49.2 Å². The Hall–Kier alpha value is -1.20. The van der Waals surface area contributed by atoms with Gasteiger partial charge in [0.15, 0.2) is 15.6 Å². The molecule has 0 aromatic heterocycles. The van der Waals surface area contributed by atoms with Crippen molar-refractivity contribution in [1.29, 1.82) is 0 Å². The van der Waals surface area contributed by atoms with E-state index in [0.717, 1.165) is 12.8 Å². The number of sulfone groups is 1. The number of aliphatic hydroxyl groups is 1. The highest BCUT2D eigenvalue weighted by Gasteiger charge is 2.32. The van der Waals surface area contributed by atoms with Gasteiger partial charge in [0.1, 0.15) is 5.25 Å². The van der Waals surface area contributed by atoms with Crippen molar-refractivity contribution in [2.75, 3.05) is 6.61 Å². The van der Waals surface area contributed by atoms with Gasteiger partial charge in [0.05, 0.1) is 11.5 Å². The zero-order valence-electron chi connectivity index (χ0n) is 11.8. The highest BCUT2D eigenvalue weighted by molar-refractivity contribution is 7.92. The van der Waals surface area contributed by atoms with Crippen LogP contribution in [0.1, 0.15) is 39.0 Å². The van der Waals surface area contributed by atoms with Gasteiger partial charge in [-0.15, -0.1) is 0 Å². The normalized spacial score (nSPS) is 13.1. The van der Waals surface area contributed by atoms with Crippen molar-refractivity contribution in [3.05, 3.63) is 30.3 Å². The van der Waals surface area contributed by atoms with Crippen LogP contribution in [0.4, 0.5) is 0 Å². The molecular weight excluding hydrogens is 276 g/mol. The second-order valence-electron chi connectivity index (χ2n) is 4.78. The fourth-order valence-electron chi connectivity index (χ4n) is 2.11. The Bertz CT molecular complexity index is 508. The largest absolute Gasteiger partial charge is 0.396 e. The number of hydrogen-bond donors (Lipinski definition) is 1. The van der Waals surface area contributed by atoms with E-state index in [1.54, 1.807) is 18.2 Å². The highest BCUT2D eigenvalue weighted by atomic mass is 32.2. The molecule has 1 aromatic rings. The number of Topliss-reactive ketones (excluding diaryl/α,β-unsaturated/α-hetero) is 1. The standard InChI is InChI=1S/C15H22O4S/c1-2-3-5-10-15(14(17)11-12-16)20(18,19)13-8-6-4-7-9-13/h4,6-9,15-16H,2-3,5,10-12H2,1H3. The second-order valence-corrected chi connectivity index (χ2v) is 6.91. The fraction of sp³-hybridized carbons (Fsp3) is 0.533. The summed E-state index contributed by atoms with van der Waals surface area (Å²) < 4.78 is 25.1. The van der Waals surface area contributed by atoms with Gasteiger partial charge in [0, 0.05) is 6.42 Å². The van der Waals surface area contributed by atoms with E-state index in [1.807, 2.05) is 6.92 Å². The molecule has 0 aliphatic heterocycles. The lowest BCUT2D eigenvalue weighted by molar-refractivity contribution is -0.119. The molecule has 1 unspecified atom stereocenters. The molecule has 0 fully saturated rings. The van der Waals surface area contributed by atoms with Crippen LogP contribution >= 0.6 is 0 Å². The average Bonchev–Trinajstić information content (AvgIpc) is 2.44. The molecule has 0 heterocycles. The van der Waals surface area contributed by atoms with E-state index in [4.69, 9.17) is 5.11 Å². The van der Waals surface area contributed by atoms with Crippen LogP contribution in [0.25, 0.3) is 0 Å². The van der Waals surface area contributed by atoms with Crippen LogP contribution in [0.15, 0.2) is 35.2 Å². The van der Waals surface area contributed by atoms with Gasteiger partial charge >= 0.3 is 0 Å². The summed E-state index contributed by atoms with van der Waals surface area (Å²) in [6, 6.07) is 8.04. The van der Waals surface area contributed by atoms with Crippen LogP contribution in [-0.2, 0) is 14.6 Å². The Morgan fingerprint density at radius 3 is 2.40 bits per heavy atom. The molecule has 112 valence electrons. The maximum absolute atomic E-state index is 12.5. The summed E-state index contributed by atoms with van der Waals surface area (Å²) >= 11 is 0. The molecule has 5 heteroatoms. The summed E-state index contributed by atoms with van der Waals surface area (Å²) in [5.41, 5.74) is 0. The summed E-state index contributed by atoms with van der Waals surface area (Å²) in [7, 11) is -3.66. The molecule has 0 bridgehead atoms. The Morgan fingerprint density at radius 1 is 1.20 bits per heavy atom. The lowest BCUT2D eigenvalue weighted by Crippen LogP contribution is -2.31. The first-order valence-corrected chi connectivity index (χ1v) is 8.51. The lowest BCUT2D eigenvalue weighted by atomic mass is 10.1. The van der Waals surface area contributed by atoms with E-state index in [9.17, 15) is 13.2 Å². The minimum Gasteiger partial charge on any atom is -0.396 e. The SMILES string of the molecule is CCCCCC(C(=O)CCO)S(=O)(=O)c1ccccc1. The van der Waals surface area contributed by atoms with Crippen LogP contribution in [0.3, 0.4) is 0 Å². The molecule has 1 N–H and O–H groups in total. The molecule has 0 saturated carbocycles. The Kier molecular flexibility index (Phi) is 6.88. The van der Waals surface area contributed by atoms with Crippen molar-refractivity contribution in [3.63, 3.8) is 0 Å². The Labute approximate surface area is 120 Å². The quantitative estimate of drug-likeness (QED) is 0.710. The van der Waals surface area contributed by atoms with E-state index in [1.165, 1.54) is 12.1 Å². The number of hydrogen-bond acceptors (Lipinski definition) is 4. The summed E-state index contributed by atoms with van der Waals surface area (Å²) in [5, 5.41) is 7.84. The topological polar surface area (TPSA) is 71.4 Å². The van der Waals surface area contributed by atoms with Gasteiger partial charge in [-0.05, 0) is 18.6 Å². The molecule has 1 rings (SSSR count). The highest BCUT2D eigenvalue weighted by Crippen LogP contribution is 2.22. The summed E-state index contributed by atoms with van der Waals surface area (Å²) in [4.78, 5) is 12.2. The van der Waals surface area contributed by atoms with E-state index < -0.39 is 20.9 Å². The summed E-state index contributed by atoms with van der Waals surface area (Å²) in [6.07, 6.45) is 2.77. The first kappa shape index (κ1) is 16.9. The maximum atomic E-state index is 12.5. The van der Waals surface area contributed by atoms with Gasteiger partial charge in [-0.2, -0.15) is 0 Å². The Balaban J connectivity index is 2.99. The maximum Gasteiger partial charge on any atom is 0.188 e. The number of carbonyl (C=O) groups excluding carboxylic acids is 1. The monoisotopic (exact) mass is 298 g/mol. The average molecular weight is 298 g/mol. The minimum atomic E-state index is -3.66. The molecule has 0 radical (unpaired) electrons. The van der Waals surface area contributed by atoms with Crippen LogP contribution in [0.5, 0.6) is 0 Å². The molecule has 1 aromatic carbocycles. The van der Waals surface area contributed by atoms with Crippen LogP contribution in [0.2, 0.25) is 0 Å². The van der Waals surface area contributed by atoms with Gasteiger partial charge in [-0.1, -0.05) is 44.4 Å². The van der Waals surface area contributed by atoms with Gasteiger partial charge in [0.2, 0.25) is 0 Å². The van der Waals surface area contributed by atoms with Gasteiger partial charge < -0.3 is 5.11 Å². The fourth-order valence-corrected chi connectivity index (χ4v) is 3.92. The van der Waals surface area contributed by atoms with Crippen molar-refractivity contribution >= 4 is 15.6 Å². The first-order chi connectivity index (χ1) is 9.54. The van der Waals surface area contributed by atoms with Crippen molar-refractivity contribution in [3.8, 4) is 0 Å². The number of benzene rings is 1. The van der Waals surface area contributed by atoms with E-state index in [0.29, 0.717) is 12.8 Å². The number of ketones is 1. The third-order valence-electron chi connectivity index (χ3n) is 3.23. The molecule has 4 nitrogen and oxygen atoms in total. The van der Waals surface area contributed by atoms with E-state index in [-0.39, 0.29) is 17.9 Å². The molecule has 0 aliphatic carbocycles. The third-order valence-corrected chi connectivity index (χ3v) is 5.41. The molecule has 0 amide bonds.